The van der Waals surface area contributed by atoms with Gasteiger partial charge < -0.3 is 14.6 Å². The van der Waals surface area contributed by atoms with Crippen LogP contribution in [0.3, 0.4) is 0 Å². The van der Waals surface area contributed by atoms with Crippen LogP contribution in [0.1, 0.15) is 37.8 Å². The monoisotopic (exact) mass is 369 g/mol. The Labute approximate surface area is 158 Å². The number of aliphatic carboxylic acids is 1. The lowest BCUT2D eigenvalue weighted by Gasteiger charge is -2.25. The van der Waals surface area contributed by atoms with Gasteiger partial charge in [-0.3, -0.25) is 5.32 Å². The smallest absolute Gasteiger partial charge is 0.409 e. The minimum Gasteiger partial charge on any atom is -0.478 e. The van der Waals surface area contributed by atoms with Gasteiger partial charge >= 0.3 is 12.1 Å². The first-order valence-electron chi connectivity index (χ1n) is 8.78. The molecular weight excluding hydrogens is 346 g/mol. The van der Waals surface area contributed by atoms with Crippen molar-refractivity contribution >= 4 is 12.1 Å². The molecule has 3 rings (SSSR count). The number of alkyl carbamates (subject to hydrolysis) is 1. The van der Waals surface area contributed by atoms with E-state index in [0.29, 0.717) is 0 Å². The van der Waals surface area contributed by atoms with Crippen molar-refractivity contribution in [2.75, 3.05) is 6.61 Å². The van der Waals surface area contributed by atoms with Gasteiger partial charge in [0.25, 0.3) is 0 Å². The lowest BCUT2D eigenvalue weighted by molar-refractivity contribution is -0.162. The number of carbonyl (C=O) groups is 2. The van der Waals surface area contributed by atoms with Crippen LogP contribution < -0.4 is 5.32 Å². The number of fused-ring (bicyclic) bond motifs is 3. The average molecular weight is 369 g/mol. The predicted octanol–water partition coefficient (Wildman–Crippen LogP) is 3.75. The molecule has 0 heterocycles. The van der Waals surface area contributed by atoms with E-state index in [2.05, 4.69) is 5.32 Å². The summed E-state index contributed by atoms with van der Waals surface area (Å²) in [5.41, 5.74) is 3.71. The maximum Gasteiger partial charge on any atom is 0.409 e. The summed E-state index contributed by atoms with van der Waals surface area (Å²) in [6.45, 7) is 5.24. The zero-order valence-electron chi connectivity index (χ0n) is 15.6. The van der Waals surface area contributed by atoms with Crippen LogP contribution in [0, 0.1) is 0 Å². The molecule has 2 N–H and O–H groups in total. The Morgan fingerprint density at radius 1 is 1.04 bits per heavy atom. The highest BCUT2D eigenvalue weighted by atomic mass is 16.6. The van der Waals surface area contributed by atoms with Gasteiger partial charge in [0.05, 0.1) is 5.60 Å². The zero-order valence-corrected chi connectivity index (χ0v) is 15.6. The molecule has 2 aromatic carbocycles. The number of carboxylic acid groups (broad SMARTS) is 1. The van der Waals surface area contributed by atoms with Gasteiger partial charge in [0.2, 0.25) is 6.23 Å². The van der Waals surface area contributed by atoms with Gasteiger partial charge in [0.1, 0.15) is 6.61 Å². The highest BCUT2D eigenvalue weighted by Crippen LogP contribution is 2.44. The number of benzene rings is 2. The molecule has 1 unspecified atom stereocenters. The molecule has 6 nitrogen and oxygen atoms in total. The van der Waals surface area contributed by atoms with Crippen LogP contribution in [0.15, 0.2) is 48.5 Å². The largest absolute Gasteiger partial charge is 0.478 e. The molecule has 27 heavy (non-hydrogen) atoms. The maximum atomic E-state index is 12.1. The first kappa shape index (κ1) is 18.9. The number of hydrogen-bond donors (Lipinski definition) is 2. The molecule has 0 saturated carbocycles. The number of hydrogen-bond acceptors (Lipinski definition) is 4. The highest BCUT2D eigenvalue weighted by molar-refractivity contribution is 5.80. The van der Waals surface area contributed by atoms with Gasteiger partial charge in [0, 0.05) is 5.92 Å². The number of carboxylic acids is 1. The summed E-state index contributed by atoms with van der Waals surface area (Å²) in [6, 6.07) is 16.0. The first-order chi connectivity index (χ1) is 12.8. The highest BCUT2D eigenvalue weighted by Gasteiger charge is 2.31. The standard InChI is InChI=1S/C21H23NO5/c1-21(2,3)27-18(19(23)24)22-20(25)26-12-17-15-10-6-4-8-13(15)14-9-5-7-11-16(14)17/h4-11,17-18H,12H2,1-3H3,(H,22,25)(H,23,24). The zero-order chi connectivity index (χ0) is 19.6. The van der Waals surface area contributed by atoms with Crippen molar-refractivity contribution in [3.8, 4) is 11.1 Å². The van der Waals surface area contributed by atoms with Gasteiger partial charge in [-0.15, -0.1) is 0 Å². The van der Waals surface area contributed by atoms with Crippen LogP contribution in [0.5, 0.6) is 0 Å². The maximum absolute atomic E-state index is 12.1. The molecule has 1 atom stereocenters. The van der Waals surface area contributed by atoms with E-state index in [9.17, 15) is 14.7 Å². The fourth-order valence-electron chi connectivity index (χ4n) is 3.24. The normalized spacial score (nSPS) is 14.2. The third-order valence-corrected chi connectivity index (χ3v) is 4.29. The van der Waals surface area contributed by atoms with Gasteiger partial charge in [-0.05, 0) is 43.0 Å². The summed E-state index contributed by atoms with van der Waals surface area (Å²) in [7, 11) is 0. The van der Waals surface area contributed by atoms with Gasteiger partial charge in [-0.1, -0.05) is 48.5 Å². The predicted molar refractivity (Wildman–Crippen MR) is 100 cm³/mol. The molecule has 142 valence electrons. The van der Waals surface area contributed by atoms with Crippen molar-refractivity contribution in [3.63, 3.8) is 0 Å². The van der Waals surface area contributed by atoms with Crippen molar-refractivity contribution in [2.24, 2.45) is 0 Å². The molecule has 0 aromatic heterocycles. The third kappa shape index (κ3) is 4.28. The van der Waals surface area contributed by atoms with E-state index in [1.165, 1.54) is 0 Å². The second-order valence-corrected chi connectivity index (χ2v) is 7.42. The minimum absolute atomic E-state index is 0.0880. The summed E-state index contributed by atoms with van der Waals surface area (Å²) in [5.74, 6) is -1.37. The number of nitrogens with one attached hydrogen (secondary N) is 1. The first-order valence-corrected chi connectivity index (χ1v) is 8.78. The van der Waals surface area contributed by atoms with Crippen molar-refractivity contribution < 1.29 is 24.2 Å². The van der Waals surface area contributed by atoms with E-state index in [0.717, 1.165) is 22.3 Å². The lowest BCUT2D eigenvalue weighted by Crippen LogP contribution is -2.46. The number of amides is 1. The van der Waals surface area contributed by atoms with Crippen LogP contribution >= 0.6 is 0 Å². The van der Waals surface area contributed by atoms with Crippen molar-refractivity contribution in [1.82, 2.24) is 5.32 Å². The van der Waals surface area contributed by atoms with Crippen molar-refractivity contribution in [2.45, 2.75) is 38.5 Å². The number of rotatable bonds is 5. The molecule has 6 heteroatoms. The fraction of sp³-hybridized carbons (Fsp3) is 0.333. The molecule has 2 aromatic rings. The summed E-state index contributed by atoms with van der Waals surface area (Å²) in [4.78, 5) is 23.5. The molecule has 1 aliphatic rings. The van der Waals surface area contributed by atoms with Crippen LogP contribution in [0.4, 0.5) is 4.79 Å². The molecular formula is C21H23NO5. The molecule has 0 aliphatic heterocycles. The summed E-state index contributed by atoms with van der Waals surface area (Å²) in [5, 5.41) is 11.5. The SMILES string of the molecule is CC(C)(C)OC(NC(=O)OCC1c2ccccc2-c2ccccc21)C(=O)O. The Kier molecular flexibility index (Phi) is 5.19. The van der Waals surface area contributed by atoms with Gasteiger partial charge in [-0.25, -0.2) is 9.59 Å². The second kappa shape index (κ2) is 7.40. The molecule has 1 aliphatic carbocycles. The quantitative estimate of drug-likeness (QED) is 0.784. The van der Waals surface area contributed by atoms with E-state index >= 15 is 0 Å². The Morgan fingerprint density at radius 2 is 1.56 bits per heavy atom. The second-order valence-electron chi connectivity index (χ2n) is 7.42. The molecule has 0 radical (unpaired) electrons. The van der Waals surface area contributed by atoms with E-state index in [-0.39, 0.29) is 12.5 Å². The van der Waals surface area contributed by atoms with E-state index < -0.39 is 23.9 Å². The van der Waals surface area contributed by atoms with Crippen LogP contribution in [-0.4, -0.2) is 35.6 Å². The van der Waals surface area contributed by atoms with E-state index in [4.69, 9.17) is 9.47 Å². The molecule has 0 fully saturated rings. The topological polar surface area (TPSA) is 84.9 Å². The summed E-state index contributed by atoms with van der Waals surface area (Å²) in [6.07, 6.45) is -2.30. The molecule has 0 spiro atoms. The third-order valence-electron chi connectivity index (χ3n) is 4.29. The molecule has 0 saturated heterocycles. The summed E-state index contributed by atoms with van der Waals surface area (Å²) < 4.78 is 10.7. The number of carbonyl (C=O) groups excluding carboxylic acids is 1. The van der Waals surface area contributed by atoms with Gasteiger partial charge in [0.15, 0.2) is 0 Å². The Bertz CT molecular complexity index is 810. The Balaban J connectivity index is 1.69. The Hall–Kier alpha value is -2.86. The van der Waals surface area contributed by atoms with Crippen LogP contribution in [0.25, 0.3) is 11.1 Å². The van der Waals surface area contributed by atoms with E-state index in [1.807, 2.05) is 48.5 Å². The summed E-state index contributed by atoms with van der Waals surface area (Å²) >= 11 is 0. The van der Waals surface area contributed by atoms with Crippen LogP contribution in [0.2, 0.25) is 0 Å². The van der Waals surface area contributed by atoms with Crippen molar-refractivity contribution in [1.29, 1.82) is 0 Å². The van der Waals surface area contributed by atoms with Gasteiger partial charge in [-0.2, -0.15) is 0 Å². The lowest BCUT2D eigenvalue weighted by atomic mass is 9.98. The average Bonchev–Trinajstić information content (AvgIpc) is 2.92. The number of ether oxygens (including phenoxy) is 2. The van der Waals surface area contributed by atoms with Crippen LogP contribution in [-0.2, 0) is 14.3 Å². The minimum atomic E-state index is -1.47. The molecule has 0 bridgehead atoms. The molecule has 1 amide bonds. The van der Waals surface area contributed by atoms with Crippen molar-refractivity contribution in [3.05, 3.63) is 59.7 Å². The fourth-order valence-corrected chi connectivity index (χ4v) is 3.24. The van der Waals surface area contributed by atoms with E-state index in [1.54, 1.807) is 20.8 Å². The Morgan fingerprint density at radius 3 is 2.04 bits per heavy atom.